The van der Waals surface area contributed by atoms with E-state index >= 15 is 0 Å². The van der Waals surface area contributed by atoms with Crippen LogP contribution < -0.4 is 10.6 Å². The van der Waals surface area contributed by atoms with Gasteiger partial charge in [0.2, 0.25) is 5.91 Å². The molecule has 3 nitrogen and oxygen atoms in total. The monoisotopic (exact) mass is 158 g/mol. The molecule has 0 aliphatic carbocycles. The van der Waals surface area contributed by atoms with E-state index in [4.69, 9.17) is 12.2 Å². The number of amides is 1. The molecule has 1 heterocycles. The van der Waals surface area contributed by atoms with Gasteiger partial charge in [0, 0.05) is 0 Å². The Hall–Kier alpha value is -0.640. The lowest BCUT2D eigenvalue weighted by Gasteiger charge is -2.10. The van der Waals surface area contributed by atoms with Gasteiger partial charge in [-0.15, -0.1) is 0 Å². The first-order valence-electron chi connectivity index (χ1n) is 3.22. The van der Waals surface area contributed by atoms with Crippen molar-refractivity contribution in [1.29, 1.82) is 0 Å². The lowest BCUT2D eigenvalue weighted by molar-refractivity contribution is -0.120. The quantitative estimate of drug-likeness (QED) is 0.528. The van der Waals surface area contributed by atoms with Crippen molar-refractivity contribution in [3.8, 4) is 0 Å². The zero-order valence-corrected chi connectivity index (χ0v) is 6.79. The zero-order chi connectivity index (χ0) is 7.72. The highest BCUT2D eigenvalue weighted by molar-refractivity contribution is 7.80. The molecule has 10 heavy (non-hydrogen) atoms. The summed E-state index contributed by atoms with van der Waals surface area (Å²) in [5.74, 6) is 0.278. The summed E-state index contributed by atoms with van der Waals surface area (Å²) in [5.41, 5.74) is 0. The Labute approximate surface area is 65.2 Å². The zero-order valence-electron chi connectivity index (χ0n) is 5.97. The number of hydrogen-bond donors (Lipinski definition) is 2. The van der Waals surface area contributed by atoms with Crippen LogP contribution in [0.3, 0.4) is 0 Å². The Morgan fingerprint density at radius 2 is 2.20 bits per heavy atom. The molecule has 1 amide bonds. The fraction of sp³-hybridized carbons (Fsp3) is 0.667. The molecule has 0 radical (unpaired) electrons. The summed E-state index contributed by atoms with van der Waals surface area (Å²) < 4.78 is 0. The topological polar surface area (TPSA) is 41.1 Å². The third-order valence-corrected chi connectivity index (χ3v) is 1.69. The Balaban J connectivity index is 2.63. The molecule has 1 fully saturated rings. The minimum atomic E-state index is -0.132. The van der Waals surface area contributed by atoms with E-state index in [0.717, 1.165) is 0 Å². The summed E-state index contributed by atoms with van der Waals surface area (Å²) in [6.07, 6.45) is 0. The normalized spacial score (nSPS) is 24.9. The van der Waals surface area contributed by atoms with E-state index in [-0.39, 0.29) is 11.9 Å². The highest BCUT2D eigenvalue weighted by Crippen LogP contribution is 2.04. The van der Waals surface area contributed by atoms with Crippen molar-refractivity contribution in [2.75, 3.05) is 0 Å². The molecule has 4 heteroatoms. The molecule has 0 saturated carbocycles. The van der Waals surface area contributed by atoms with E-state index in [2.05, 4.69) is 10.6 Å². The van der Waals surface area contributed by atoms with Crippen LogP contribution in [0.25, 0.3) is 0 Å². The van der Waals surface area contributed by atoms with Gasteiger partial charge in [0.1, 0.15) is 6.04 Å². The van der Waals surface area contributed by atoms with Gasteiger partial charge in [-0.2, -0.15) is 0 Å². The third-order valence-electron chi connectivity index (χ3n) is 1.47. The Morgan fingerprint density at radius 3 is 2.40 bits per heavy atom. The second kappa shape index (κ2) is 2.54. The van der Waals surface area contributed by atoms with Crippen LogP contribution in [-0.2, 0) is 4.79 Å². The molecule has 1 rings (SSSR count). The number of thiocarbonyl (C=S) groups is 1. The summed E-state index contributed by atoms with van der Waals surface area (Å²) in [7, 11) is 0. The molecule has 1 aliphatic rings. The van der Waals surface area contributed by atoms with Gasteiger partial charge >= 0.3 is 0 Å². The smallest absolute Gasteiger partial charge is 0.248 e. The highest BCUT2D eigenvalue weighted by Gasteiger charge is 2.29. The third kappa shape index (κ3) is 1.26. The average Bonchev–Trinajstić information content (AvgIpc) is 2.10. The lowest BCUT2D eigenvalue weighted by Crippen LogP contribution is -2.33. The Bertz CT molecular complexity index is 179. The van der Waals surface area contributed by atoms with Crippen molar-refractivity contribution in [2.24, 2.45) is 5.92 Å². The number of rotatable bonds is 1. The van der Waals surface area contributed by atoms with E-state index in [1.54, 1.807) is 0 Å². The van der Waals surface area contributed by atoms with Crippen molar-refractivity contribution in [3.05, 3.63) is 0 Å². The van der Waals surface area contributed by atoms with Gasteiger partial charge in [-0.05, 0) is 18.1 Å². The van der Waals surface area contributed by atoms with Gasteiger partial charge in [-0.25, -0.2) is 0 Å². The van der Waals surface area contributed by atoms with Crippen LogP contribution in [0.1, 0.15) is 13.8 Å². The van der Waals surface area contributed by atoms with Gasteiger partial charge in [0.25, 0.3) is 0 Å². The van der Waals surface area contributed by atoms with Crippen molar-refractivity contribution in [1.82, 2.24) is 10.6 Å². The molecule has 2 N–H and O–H groups in total. The first-order chi connectivity index (χ1) is 4.61. The molecule has 56 valence electrons. The van der Waals surface area contributed by atoms with Crippen LogP contribution in [0.4, 0.5) is 0 Å². The molecular weight excluding hydrogens is 148 g/mol. The Kier molecular flexibility index (Phi) is 1.89. The van der Waals surface area contributed by atoms with Crippen molar-refractivity contribution < 1.29 is 4.79 Å². The van der Waals surface area contributed by atoms with E-state index < -0.39 is 0 Å². The predicted molar refractivity (Wildman–Crippen MR) is 42.5 cm³/mol. The van der Waals surface area contributed by atoms with Crippen LogP contribution >= 0.6 is 12.2 Å². The van der Waals surface area contributed by atoms with E-state index in [0.29, 0.717) is 11.0 Å². The van der Waals surface area contributed by atoms with Crippen LogP contribution in [0, 0.1) is 5.92 Å². The fourth-order valence-electron chi connectivity index (χ4n) is 0.902. The maximum absolute atomic E-state index is 11.0. The van der Waals surface area contributed by atoms with E-state index in [1.165, 1.54) is 0 Å². The molecule has 0 bridgehead atoms. The van der Waals surface area contributed by atoms with Crippen molar-refractivity contribution >= 4 is 23.2 Å². The van der Waals surface area contributed by atoms with E-state index in [9.17, 15) is 4.79 Å². The second-order valence-electron chi connectivity index (χ2n) is 2.68. The molecule has 1 atom stereocenters. The molecule has 0 aromatic heterocycles. The number of hydrogen-bond acceptors (Lipinski definition) is 2. The van der Waals surface area contributed by atoms with Gasteiger partial charge in [0.15, 0.2) is 5.11 Å². The lowest BCUT2D eigenvalue weighted by atomic mass is 10.1. The second-order valence-corrected chi connectivity index (χ2v) is 3.09. The molecular formula is C6H10N2OS. The minimum absolute atomic E-state index is 0.0139. The highest BCUT2D eigenvalue weighted by atomic mass is 32.1. The summed E-state index contributed by atoms with van der Waals surface area (Å²) >= 11 is 4.75. The summed E-state index contributed by atoms with van der Waals surface area (Å²) in [6.45, 7) is 3.95. The Morgan fingerprint density at radius 1 is 1.60 bits per heavy atom. The van der Waals surface area contributed by atoms with Crippen LogP contribution in [0.5, 0.6) is 0 Å². The maximum atomic E-state index is 11.0. The largest absolute Gasteiger partial charge is 0.350 e. The van der Waals surface area contributed by atoms with Crippen LogP contribution in [-0.4, -0.2) is 17.1 Å². The molecule has 0 aromatic carbocycles. The number of carbonyl (C=O) groups is 1. The molecule has 0 spiro atoms. The first-order valence-corrected chi connectivity index (χ1v) is 3.63. The first kappa shape index (κ1) is 7.47. The van der Waals surface area contributed by atoms with Gasteiger partial charge < -0.3 is 10.6 Å². The summed E-state index contributed by atoms with van der Waals surface area (Å²) in [4.78, 5) is 11.0. The fourth-order valence-corrected chi connectivity index (χ4v) is 1.13. The number of nitrogens with one attached hydrogen (secondary N) is 2. The van der Waals surface area contributed by atoms with Crippen molar-refractivity contribution in [2.45, 2.75) is 19.9 Å². The summed E-state index contributed by atoms with van der Waals surface area (Å²) in [6, 6.07) is -0.132. The molecule has 0 aromatic rings. The molecule has 1 aliphatic heterocycles. The van der Waals surface area contributed by atoms with Crippen LogP contribution in [0.2, 0.25) is 0 Å². The summed E-state index contributed by atoms with van der Waals surface area (Å²) in [5, 5.41) is 5.85. The SMILES string of the molecule is CC(C)[C@H]1NC(=S)NC1=O. The number of carbonyl (C=O) groups excluding carboxylic acids is 1. The van der Waals surface area contributed by atoms with Gasteiger partial charge in [-0.1, -0.05) is 13.8 Å². The van der Waals surface area contributed by atoms with Crippen molar-refractivity contribution in [3.63, 3.8) is 0 Å². The maximum Gasteiger partial charge on any atom is 0.248 e. The van der Waals surface area contributed by atoms with E-state index in [1.807, 2.05) is 13.8 Å². The standard InChI is InChI=1S/C6H10N2OS/c1-3(2)4-5(9)8-6(10)7-4/h3-4H,1-2H3,(H2,7,8,9,10)/t4-/m1/s1. The van der Waals surface area contributed by atoms with Gasteiger partial charge in [0.05, 0.1) is 0 Å². The minimum Gasteiger partial charge on any atom is -0.350 e. The van der Waals surface area contributed by atoms with Gasteiger partial charge in [-0.3, -0.25) is 4.79 Å². The molecule has 0 unspecified atom stereocenters. The predicted octanol–water partition coefficient (Wildman–Crippen LogP) is 0.0153. The average molecular weight is 158 g/mol. The molecule has 1 saturated heterocycles. The van der Waals surface area contributed by atoms with Crippen LogP contribution in [0.15, 0.2) is 0 Å².